The van der Waals surface area contributed by atoms with Gasteiger partial charge in [-0.05, 0) is 24.6 Å². The number of aliphatic imine (C=N–C) groups is 1. The number of hydrogen-bond donors (Lipinski definition) is 1. The molecule has 0 saturated carbocycles. The Kier molecular flexibility index (Phi) is 8.47. The second-order valence-corrected chi connectivity index (χ2v) is 6.55. The highest BCUT2D eigenvalue weighted by Crippen LogP contribution is 2.32. The van der Waals surface area contributed by atoms with Gasteiger partial charge in [0.25, 0.3) is 0 Å². The van der Waals surface area contributed by atoms with Crippen LogP contribution in [0.2, 0.25) is 0 Å². The molecule has 10 heteroatoms. The largest absolute Gasteiger partial charge is 0.454 e. The van der Waals surface area contributed by atoms with Crippen LogP contribution in [-0.2, 0) is 6.54 Å². The summed E-state index contributed by atoms with van der Waals surface area (Å²) in [6, 6.07) is 5.95. The van der Waals surface area contributed by atoms with Crippen LogP contribution in [-0.4, -0.2) is 68.0 Å². The number of piperazine rings is 1. The van der Waals surface area contributed by atoms with Crippen molar-refractivity contribution in [3.05, 3.63) is 23.8 Å². The maximum atomic E-state index is 12.3. The van der Waals surface area contributed by atoms with Crippen LogP contribution in [0, 0.1) is 0 Å². The molecule has 2 aliphatic heterocycles. The van der Waals surface area contributed by atoms with Crippen LogP contribution >= 0.6 is 24.0 Å². The van der Waals surface area contributed by atoms with Gasteiger partial charge in [0.1, 0.15) is 0 Å². The average Bonchev–Trinajstić information content (AvgIpc) is 3.08. The Balaban J connectivity index is 0.00000280. The molecule has 0 bridgehead atoms. The summed E-state index contributed by atoms with van der Waals surface area (Å²) in [5, 5.41) is 3.09. The Hall–Kier alpha value is -1.43. The number of nitrogens with one attached hydrogen (secondary N) is 1. The lowest BCUT2D eigenvalue weighted by molar-refractivity contribution is -0.132. The minimum absolute atomic E-state index is 0. The second-order valence-electron chi connectivity index (χ2n) is 6.55. The van der Waals surface area contributed by atoms with E-state index in [1.165, 1.54) is 0 Å². The van der Waals surface area contributed by atoms with Crippen LogP contribution < -0.4 is 14.8 Å². The van der Waals surface area contributed by atoms with Crippen molar-refractivity contribution >= 4 is 29.9 Å². The molecule has 2 heterocycles. The van der Waals surface area contributed by atoms with Gasteiger partial charge in [-0.2, -0.15) is 13.2 Å². The summed E-state index contributed by atoms with van der Waals surface area (Å²) in [6.07, 6.45) is -5.07. The zero-order valence-corrected chi connectivity index (χ0v) is 18.1. The smallest absolute Gasteiger partial charge is 0.390 e. The molecule has 6 nitrogen and oxygen atoms in total. The lowest BCUT2D eigenvalue weighted by Gasteiger charge is -2.36. The number of nitrogens with zero attached hydrogens (tertiary/aromatic N) is 3. The zero-order chi connectivity index (χ0) is 19.3. The van der Waals surface area contributed by atoms with E-state index in [-0.39, 0.29) is 37.3 Å². The van der Waals surface area contributed by atoms with Gasteiger partial charge in [-0.3, -0.25) is 9.89 Å². The van der Waals surface area contributed by atoms with E-state index in [1.54, 1.807) is 0 Å². The van der Waals surface area contributed by atoms with E-state index in [0.717, 1.165) is 49.8 Å². The van der Waals surface area contributed by atoms with E-state index in [9.17, 15) is 13.2 Å². The van der Waals surface area contributed by atoms with E-state index < -0.39 is 12.6 Å². The molecule has 1 aromatic rings. The summed E-state index contributed by atoms with van der Waals surface area (Å²) in [7, 11) is 0. The summed E-state index contributed by atoms with van der Waals surface area (Å²) in [5.41, 5.74) is 1.15. The van der Waals surface area contributed by atoms with Gasteiger partial charge in [-0.1, -0.05) is 6.07 Å². The number of rotatable bonds is 5. The molecule has 0 spiro atoms. The second kappa shape index (κ2) is 10.4. The maximum Gasteiger partial charge on any atom is 0.390 e. The summed E-state index contributed by atoms with van der Waals surface area (Å²) < 4.78 is 47.8. The van der Waals surface area contributed by atoms with Gasteiger partial charge in [0, 0.05) is 39.3 Å². The molecule has 158 valence electrons. The molecule has 1 saturated heterocycles. The molecule has 1 fully saturated rings. The summed E-state index contributed by atoms with van der Waals surface area (Å²) >= 11 is 0. The third kappa shape index (κ3) is 6.57. The lowest BCUT2D eigenvalue weighted by atomic mass is 10.1. The van der Waals surface area contributed by atoms with Gasteiger partial charge < -0.3 is 19.7 Å². The highest BCUT2D eigenvalue weighted by Gasteiger charge is 2.27. The molecule has 28 heavy (non-hydrogen) atoms. The van der Waals surface area contributed by atoms with Gasteiger partial charge in [0.15, 0.2) is 17.5 Å². The Morgan fingerprint density at radius 1 is 1.14 bits per heavy atom. The first-order valence-corrected chi connectivity index (χ1v) is 9.15. The standard InChI is InChI=1S/C18H25F3N4O2.HI/c1-2-22-17(23-6-5-18(19,20)21)25-9-7-24(8-10-25)12-14-3-4-15-16(11-14)27-13-26-15;/h3-4,11H,2,5-10,12-13H2,1H3,(H,22,23);1H. The minimum Gasteiger partial charge on any atom is -0.454 e. The normalized spacial score (nSPS) is 17.4. The Morgan fingerprint density at radius 2 is 1.86 bits per heavy atom. The quantitative estimate of drug-likeness (QED) is 0.372. The third-order valence-electron chi connectivity index (χ3n) is 4.51. The number of ether oxygens (including phenoxy) is 2. The van der Waals surface area contributed by atoms with Crippen LogP contribution in [0.3, 0.4) is 0 Å². The SMILES string of the molecule is CCNC(=NCCC(F)(F)F)N1CCN(Cc2ccc3c(c2)OCO3)CC1.I. The molecular weight excluding hydrogens is 488 g/mol. The highest BCUT2D eigenvalue weighted by molar-refractivity contribution is 14.0. The number of halogens is 4. The van der Waals surface area contributed by atoms with Gasteiger partial charge in [-0.15, -0.1) is 24.0 Å². The first-order valence-electron chi connectivity index (χ1n) is 9.15. The zero-order valence-electron chi connectivity index (χ0n) is 15.8. The molecule has 0 atom stereocenters. The summed E-state index contributed by atoms with van der Waals surface area (Å²) in [6.45, 7) is 6.44. The number of hydrogen-bond acceptors (Lipinski definition) is 4. The van der Waals surface area contributed by atoms with E-state index in [0.29, 0.717) is 12.5 Å². The van der Waals surface area contributed by atoms with Gasteiger partial charge >= 0.3 is 6.18 Å². The fourth-order valence-corrected chi connectivity index (χ4v) is 3.13. The van der Waals surface area contributed by atoms with Crippen LogP contribution in [0.25, 0.3) is 0 Å². The molecule has 1 aromatic carbocycles. The maximum absolute atomic E-state index is 12.3. The van der Waals surface area contributed by atoms with Gasteiger partial charge in [-0.25, -0.2) is 0 Å². The average molecular weight is 514 g/mol. The minimum atomic E-state index is -4.18. The first kappa shape index (κ1) is 22.9. The molecule has 3 rings (SSSR count). The molecule has 0 amide bonds. The molecule has 1 N–H and O–H groups in total. The van der Waals surface area contributed by atoms with Crippen molar-refractivity contribution in [3.63, 3.8) is 0 Å². The topological polar surface area (TPSA) is 49.3 Å². The van der Waals surface area contributed by atoms with Crippen molar-refractivity contribution < 1.29 is 22.6 Å². The Morgan fingerprint density at radius 3 is 2.54 bits per heavy atom. The van der Waals surface area contributed by atoms with E-state index >= 15 is 0 Å². The number of fused-ring (bicyclic) bond motifs is 1. The Bertz CT molecular complexity index is 665. The number of benzene rings is 1. The van der Waals surface area contributed by atoms with Crippen molar-refractivity contribution in [2.24, 2.45) is 4.99 Å². The monoisotopic (exact) mass is 514 g/mol. The first-order chi connectivity index (χ1) is 12.9. The predicted octanol–water partition coefficient (Wildman–Crippen LogP) is 3.07. The lowest BCUT2D eigenvalue weighted by Crippen LogP contribution is -2.52. The number of alkyl halides is 3. The fourth-order valence-electron chi connectivity index (χ4n) is 3.13. The van der Waals surface area contributed by atoms with Crippen molar-refractivity contribution in [2.75, 3.05) is 46.1 Å². The van der Waals surface area contributed by atoms with Crippen molar-refractivity contribution in [1.29, 1.82) is 0 Å². The molecule has 0 aliphatic carbocycles. The van der Waals surface area contributed by atoms with E-state index in [2.05, 4.69) is 15.2 Å². The fraction of sp³-hybridized carbons (Fsp3) is 0.611. The van der Waals surface area contributed by atoms with Gasteiger partial charge in [0.2, 0.25) is 6.79 Å². The van der Waals surface area contributed by atoms with Crippen LogP contribution in [0.5, 0.6) is 11.5 Å². The van der Waals surface area contributed by atoms with Crippen molar-refractivity contribution in [3.8, 4) is 11.5 Å². The summed E-state index contributed by atoms with van der Waals surface area (Å²) in [5.74, 6) is 2.11. The molecular formula is C18H26F3IN4O2. The van der Waals surface area contributed by atoms with E-state index in [4.69, 9.17) is 9.47 Å². The summed E-state index contributed by atoms with van der Waals surface area (Å²) in [4.78, 5) is 8.47. The van der Waals surface area contributed by atoms with Crippen LogP contribution in [0.1, 0.15) is 18.9 Å². The third-order valence-corrected chi connectivity index (χ3v) is 4.51. The van der Waals surface area contributed by atoms with Crippen LogP contribution in [0.4, 0.5) is 13.2 Å². The van der Waals surface area contributed by atoms with Crippen molar-refractivity contribution in [2.45, 2.75) is 26.1 Å². The number of guanidine groups is 1. The molecule has 0 unspecified atom stereocenters. The molecule has 0 radical (unpaired) electrons. The highest BCUT2D eigenvalue weighted by atomic mass is 127. The predicted molar refractivity (Wildman–Crippen MR) is 111 cm³/mol. The molecule has 0 aromatic heterocycles. The van der Waals surface area contributed by atoms with Crippen molar-refractivity contribution in [1.82, 2.24) is 15.1 Å². The molecule has 2 aliphatic rings. The Labute approximate surface area is 180 Å². The van der Waals surface area contributed by atoms with Crippen LogP contribution in [0.15, 0.2) is 23.2 Å². The van der Waals surface area contributed by atoms with E-state index in [1.807, 2.05) is 30.0 Å². The van der Waals surface area contributed by atoms with Gasteiger partial charge in [0.05, 0.1) is 13.0 Å².